The summed E-state index contributed by atoms with van der Waals surface area (Å²) >= 11 is 0. The van der Waals surface area contributed by atoms with Gasteiger partial charge in [0.2, 0.25) is 0 Å². The van der Waals surface area contributed by atoms with E-state index in [0.717, 1.165) is 25.9 Å². The summed E-state index contributed by atoms with van der Waals surface area (Å²) < 4.78 is 11.3. The lowest BCUT2D eigenvalue weighted by atomic mass is 9.94. The van der Waals surface area contributed by atoms with Gasteiger partial charge in [-0.25, -0.2) is 0 Å². The van der Waals surface area contributed by atoms with Gasteiger partial charge in [-0.3, -0.25) is 4.99 Å². The predicted molar refractivity (Wildman–Crippen MR) is 82.4 cm³/mol. The third-order valence-corrected chi connectivity index (χ3v) is 4.36. The number of aliphatic hydroxyl groups excluding tert-OH is 1. The van der Waals surface area contributed by atoms with Crippen LogP contribution in [-0.4, -0.2) is 67.6 Å². The van der Waals surface area contributed by atoms with Crippen molar-refractivity contribution in [3.8, 4) is 0 Å². The van der Waals surface area contributed by atoms with E-state index < -0.39 is 0 Å². The maximum Gasteiger partial charge on any atom is 0.191 e. The number of aliphatic hydroxyl groups is 1. The SMILES string of the molecule is NC(=NCC1(OCCO)CCOCC1)N1CCCCCC1. The van der Waals surface area contributed by atoms with Gasteiger partial charge in [0.1, 0.15) is 0 Å². The summed E-state index contributed by atoms with van der Waals surface area (Å²) in [5.41, 5.74) is 5.84. The van der Waals surface area contributed by atoms with Crippen molar-refractivity contribution in [3.05, 3.63) is 0 Å². The van der Waals surface area contributed by atoms with E-state index >= 15 is 0 Å². The Morgan fingerprint density at radius 2 is 1.86 bits per heavy atom. The van der Waals surface area contributed by atoms with Crippen LogP contribution in [0.15, 0.2) is 4.99 Å². The first kappa shape index (κ1) is 16.5. The normalized spacial score (nSPS) is 23.9. The van der Waals surface area contributed by atoms with Crippen LogP contribution in [0.25, 0.3) is 0 Å². The van der Waals surface area contributed by atoms with Crippen molar-refractivity contribution in [3.63, 3.8) is 0 Å². The highest BCUT2D eigenvalue weighted by atomic mass is 16.5. The van der Waals surface area contributed by atoms with Crippen LogP contribution in [0, 0.1) is 0 Å². The van der Waals surface area contributed by atoms with E-state index in [0.29, 0.717) is 32.3 Å². The van der Waals surface area contributed by atoms with Crippen molar-refractivity contribution >= 4 is 5.96 Å². The molecule has 0 spiro atoms. The Kier molecular flexibility index (Phi) is 6.73. The lowest BCUT2D eigenvalue weighted by Crippen LogP contribution is -2.45. The largest absolute Gasteiger partial charge is 0.394 e. The molecule has 2 aliphatic rings. The van der Waals surface area contributed by atoms with Crippen LogP contribution in [0.4, 0.5) is 0 Å². The third kappa shape index (κ3) is 5.13. The molecule has 2 fully saturated rings. The summed E-state index contributed by atoms with van der Waals surface area (Å²) in [5.74, 6) is 0.635. The summed E-state index contributed by atoms with van der Waals surface area (Å²) in [6.07, 6.45) is 6.56. The Hall–Kier alpha value is -0.850. The van der Waals surface area contributed by atoms with Gasteiger partial charge in [-0.1, -0.05) is 12.8 Å². The lowest BCUT2D eigenvalue weighted by Gasteiger charge is -2.36. The highest BCUT2D eigenvalue weighted by molar-refractivity contribution is 5.78. The first-order chi connectivity index (χ1) is 10.3. The highest BCUT2D eigenvalue weighted by Gasteiger charge is 2.33. The van der Waals surface area contributed by atoms with Crippen molar-refractivity contribution in [2.45, 2.75) is 44.1 Å². The number of ether oxygens (including phenoxy) is 2. The Morgan fingerprint density at radius 1 is 1.19 bits per heavy atom. The Bertz CT molecular complexity index is 322. The zero-order valence-corrected chi connectivity index (χ0v) is 12.9. The molecule has 2 saturated heterocycles. The third-order valence-electron chi connectivity index (χ3n) is 4.36. The van der Waals surface area contributed by atoms with Crippen molar-refractivity contribution < 1.29 is 14.6 Å². The van der Waals surface area contributed by atoms with E-state index in [4.69, 9.17) is 20.3 Å². The fraction of sp³-hybridized carbons (Fsp3) is 0.933. The molecule has 0 amide bonds. The predicted octanol–water partition coefficient (Wildman–Crippen LogP) is 0.735. The van der Waals surface area contributed by atoms with Gasteiger partial charge >= 0.3 is 0 Å². The topological polar surface area (TPSA) is 80.3 Å². The van der Waals surface area contributed by atoms with E-state index in [1.807, 2.05) is 0 Å². The molecule has 0 bridgehead atoms. The summed E-state index contributed by atoms with van der Waals surface area (Å²) in [4.78, 5) is 6.78. The molecule has 21 heavy (non-hydrogen) atoms. The molecule has 0 aromatic carbocycles. The molecule has 0 aliphatic carbocycles. The van der Waals surface area contributed by atoms with E-state index in [1.165, 1.54) is 25.7 Å². The maximum atomic E-state index is 9.00. The van der Waals surface area contributed by atoms with Gasteiger partial charge in [0.05, 0.1) is 25.4 Å². The first-order valence-corrected chi connectivity index (χ1v) is 8.13. The molecular weight excluding hydrogens is 270 g/mol. The molecule has 6 heteroatoms. The number of likely N-dealkylation sites (tertiary alicyclic amines) is 1. The van der Waals surface area contributed by atoms with Crippen LogP contribution in [0.2, 0.25) is 0 Å². The quantitative estimate of drug-likeness (QED) is 0.578. The van der Waals surface area contributed by atoms with Crippen LogP contribution in [0.1, 0.15) is 38.5 Å². The Balaban J connectivity index is 1.93. The molecule has 0 saturated carbocycles. The minimum Gasteiger partial charge on any atom is -0.394 e. The molecule has 0 atom stereocenters. The molecule has 6 nitrogen and oxygen atoms in total. The summed E-state index contributed by atoms with van der Waals surface area (Å²) in [6.45, 7) is 4.31. The number of nitrogens with zero attached hydrogens (tertiary/aromatic N) is 2. The molecule has 2 heterocycles. The van der Waals surface area contributed by atoms with Crippen molar-refractivity contribution in [1.82, 2.24) is 4.90 Å². The molecule has 2 aliphatic heterocycles. The smallest absolute Gasteiger partial charge is 0.191 e. The van der Waals surface area contributed by atoms with Crippen LogP contribution in [-0.2, 0) is 9.47 Å². The molecule has 122 valence electrons. The zero-order chi connectivity index (χ0) is 15.0. The number of hydrogen-bond acceptors (Lipinski definition) is 4. The number of rotatable bonds is 5. The monoisotopic (exact) mass is 299 g/mol. The van der Waals surface area contributed by atoms with Crippen LogP contribution < -0.4 is 5.73 Å². The van der Waals surface area contributed by atoms with Crippen LogP contribution >= 0.6 is 0 Å². The fourth-order valence-corrected chi connectivity index (χ4v) is 2.98. The molecule has 0 unspecified atom stereocenters. The number of aliphatic imine (C=N–C) groups is 1. The Morgan fingerprint density at radius 3 is 2.48 bits per heavy atom. The van der Waals surface area contributed by atoms with Gasteiger partial charge in [0.15, 0.2) is 5.96 Å². The average molecular weight is 299 g/mol. The van der Waals surface area contributed by atoms with E-state index in [-0.39, 0.29) is 12.2 Å². The van der Waals surface area contributed by atoms with Crippen molar-refractivity contribution in [1.29, 1.82) is 0 Å². The molecule has 0 radical (unpaired) electrons. The van der Waals surface area contributed by atoms with Gasteiger partial charge in [-0.05, 0) is 12.8 Å². The summed E-state index contributed by atoms with van der Waals surface area (Å²) in [7, 11) is 0. The van der Waals surface area contributed by atoms with E-state index in [9.17, 15) is 0 Å². The van der Waals surface area contributed by atoms with Crippen LogP contribution in [0.5, 0.6) is 0 Å². The van der Waals surface area contributed by atoms with Crippen molar-refractivity contribution in [2.75, 3.05) is 46.1 Å². The second kappa shape index (κ2) is 8.56. The second-order valence-corrected chi connectivity index (χ2v) is 5.94. The number of nitrogens with two attached hydrogens (primary N) is 1. The van der Waals surface area contributed by atoms with Gasteiger partial charge in [-0.15, -0.1) is 0 Å². The van der Waals surface area contributed by atoms with Gasteiger partial charge < -0.3 is 25.2 Å². The minimum absolute atomic E-state index is 0.0356. The Labute approximate surface area is 127 Å². The standard InChI is InChI=1S/C15H29N3O3/c16-14(18-7-3-1-2-4-8-18)17-13-15(21-12-9-19)5-10-20-11-6-15/h19H,1-13H2,(H2,16,17). The highest BCUT2D eigenvalue weighted by Crippen LogP contribution is 2.25. The fourth-order valence-electron chi connectivity index (χ4n) is 2.98. The zero-order valence-electron chi connectivity index (χ0n) is 12.9. The summed E-state index contributed by atoms with van der Waals surface area (Å²) in [5, 5.41) is 9.00. The maximum absolute atomic E-state index is 9.00. The van der Waals surface area contributed by atoms with Crippen molar-refractivity contribution in [2.24, 2.45) is 10.7 Å². The molecule has 0 aromatic rings. The lowest BCUT2D eigenvalue weighted by molar-refractivity contribution is -0.111. The van der Waals surface area contributed by atoms with Crippen LogP contribution in [0.3, 0.4) is 0 Å². The second-order valence-electron chi connectivity index (χ2n) is 5.94. The minimum atomic E-state index is -0.322. The molecule has 2 rings (SSSR count). The van der Waals surface area contributed by atoms with Gasteiger partial charge in [0, 0.05) is 39.1 Å². The molecule has 0 aromatic heterocycles. The van der Waals surface area contributed by atoms with Gasteiger partial charge in [0.25, 0.3) is 0 Å². The average Bonchev–Trinajstić information content (AvgIpc) is 2.81. The summed E-state index contributed by atoms with van der Waals surface area (Å²) in [6, 6.07) is 0. The number of guanidine groups is 1. The number of hydrogen-bond donors (Lipinski definition) is 2. The molecular formula is C15H29N3O3. The van der Waals surface area contributed by atoms with E-state index in [2.05, 4.69) is 9.89 Å². The van der Waals surface area contributed by atoms with Gasteiger partial charge in [-0.2, -0.15) is 0 Å². The molecule has 3 N–H and O–H groups in total. The first-order valence-electron chi connectivity index (χ1n) is 8.13. The van der Waals surface area contributed by atoms with E-state index in [1.54, 1.807) is 0 Å².